The molecule has 0 fully saturated rings. The Kier molecular flexibility index (Phi) is 5.04. The second kappa shape index (κ2) is 5.89. The van der Waals surface area contributed by atoms with Gasteiger partial charge in [-0.3, -0.25) is 0 Å². The predicted octanol–water partition coefficient (Wildman–Crippen LogP) is 3.22. The first-order valence-electron chi connectivity index (χ1n) is 6.00. The summed E-state index contributed by atoms with van der Waals surface area (Å²) >= 11 is 4.56. The fraction of sp³-hybridized carbons (Fsp3) is 0.571. The SMILES string of the molecule is CC(c1ccc(S)c(C(C)N(C)C)c1)N(C)C. The third kappa shape index (κ3) is 3.47. The Morgan fingerprint density at radius 1 is 0.941 bits per heavy atom. The van der Waals surface area contributed by atoms with Crippen molar-refractivity contribution in [2.75, 3.05) is 28.2 Å². The van der Waals surface area contributed by atoms with Crippen molar-refractivity contribution >= 4 is 12.6 Å². The Morgan fingerprint density at radius 3 is 1.94 bits per heavy atom. The van der Waals surface area contributed by atoms with Gasteiger partial charge in [-0.05, 0) is 59.2 Å². The van der Waals surface area contributed by atoms with Crippen LogP contribution in [0.3, 0.4) is 0 Å². The summed E-state index contributed by atoms with van der Waals surface area (Å²) < 4.78 is 0. The first-order chi connectivity index (χ1) is 7.84. The van der Waals surface area contributed by atoms with Crippen LogP contribution in [0.1, 0.15) is 37.1 Å². The Morgan fingerprint density at radius 2 is 1.47 bits per heavy atom. The van der Waals surface area contributed by atoms with E-state index >= 15 is 0 Å². The first kappa shape index (κ1) is 14.6. The molecular formula is C14H24N2S. The molecule has 0 aromatic heterocycles. The molecule has 0 spiro atoms. The normalized spacial score (nSPS) is 15.4. The third-order valence-electron chi connectivity index (χ3n) is 3.53. The molecule has 0 bridgehead atoms. The van der Waals surface area contributed by atoms with E-state index < -0.39 is 0 Å². The average molecular weight is 252 g/mol. The molecule has 1 aromatic rings. The summed E-state index contributed by atoms with van der Waals surface area (Å²) in [6.45, 7) is 4.43. The standard InChI is InChI=1S/C14H24N2S/c1-10(15(3)4)12-7-8-14(17)13(9-12)11(2)16(5)6/h7-11,17H,1-6H3. The second-order valence-corrected chi connectivity index (χ2v) is 5.58. The summed E-state index contributed by atoms with van der Waals surface area (Å²) in [5.74, 6) is 0. The molecule has 0 saturated carbocycles. The zero-order valence-electron chi connectivity index (χ0n) is 11.7. The van der Waals surface area contributed by atoms with Crippen LogP contribution in [0.15, 0.2) is 23.1 Å². The minimum Gasteiger partial charge on any atom is -0.303 e. The van der Waals surface area contributed by atoms with Crippen molar-refractivity contribution in [2.24, 2.45) is 0 Å². The van der Waals surface area contributed by atoms with Crippen LogP contribution in [-0.4, -0.2) is 38.0 Å². The van der Waals surface area contributed by atoms with E-state index in [1.54, 1.807) is 0 Å². The third-order valence-corrected chi connectivity index (χ3v) is 3.94. The molecule has 0 aliphatic rings. The van der Waals surface area contributed by atoms with Crippen molar-refractivity contribution in [2.45, 2.75) is 30.8 Å². The molecule has 2 nitrogen and oxygen atoms in total. The van der Waals surface area contributed by atoms with Crippen molar-refractivity contribution in [3.05, 3.63) is 29.3 Å². The van der Waals surface area contributed by atoms with Gasteiger partial charge in [0, 0.05) is 17.0 Å². The molecule has 0 radical (unpaired) electrons. The highest BCUT2D eigenvalue weighted by molar-refractivity contribution is 7.80. The van der Waals surface area contributed by atoms with E-state index in [4.69, 9.17) is 0 Å². The maximum absolute atomic E-state index is 4.56. The summed E-state index contributed by atoms with van der Waals surface area (Å²) in [7, 11) is 8.41. The molecule has 3 heteroatoms. The van der Waals surface area contributed by atoms with E-state index in [9.17, 15) is 0 Å². The fourth-order valence-electron chi connectivity index (χ4n) is 1.74. The molecule has 1 rings (SSSR count). The van der Waals surface area contributed by atoms with Gasteiger partial charge in [0.15, 0.2) is 0 Å². The molecule has 2 unspecified atom stereocenters. The van der Waals surface area contributed by atoms with Crippen molar-refractivity contribution in [1.29, 1.82) is 0 Å². The van der Waals surface area contributed by atoms with Crippen LogP contribution in [0.25, 0.3) is 0 Å². The summed E-state index contributed by atoms with van der Waals surface area (Å²) in [6, 6.07) is 7.36. The first-order valence-corrected chi connectivity index (χ1v) is 6.45. The Balaban J connectivity index is 3.10. The molecule has 17 heavy (non-hydrogen) atoms. The van der Waals surface area contributed by atoms with Gasteiger partial charge in [0.2, 0.25) is 0 Å². The summed E-state index contributed by atoms with van der Waals surface area (Å²) in [6.07, 6.45) is 0. The Labute approximate surface area is 111 Å². The van der Waals surface area contributed by atoms with Crippen molar-refractivity contribution < 1.29 is 0 Å². The van der Waals surface area contributed by atoms with Gasteiger partial charge in [-0.15, -0.1) is 12.6 Å². The van der Waals surface area contributed by atoms with Crippen molar-refractivity contribution in [1.82, 2.24) is 9.80 Å². The maximum atomic E-state index is 4.56. The molecular weight excluding hydrogens is 228 g/mol. The lowest BCUT2D eigenvalue weighted by Crippen LogP contribution is -2.19. The monoisotopic (exact) mass is 252 g/mol. The van der Waals surface area contributed by atoms with Gasteiger partial charge in [-0.25, -0.2) is 0 Å². The number of benzene rings is 1. The van der Waals surface area contributed by atoms with Gasteiger partial charge in [-0.1, -0.05) is 12.1 Å². The largest absolute Gasteiger partial charge is 0.303 e. The number of hydrogen-bond donors (Lipinski definition) is 1. The van der Waals surface area contributed by atoms with Gasteiger partial charge < -0.3 is 9.80 Å². The van der Waals surface area contributed by atoms with Gasteiger partial charge in [0.1, 0.15) is 0 Å². The van der Waals surface area contributed by atoms with Crippen molar-refractivity contribution in [3.8, 4) is 0 Å². The lowest BCUT2D eigenvalue weighted by molar-refractivity contribution is 0.311. The molecule has 0 saturated heterocycles. The quantitative estimate of drug-likeness (QED) is 0.822. The molecule has 2 atom stereocenters. The smallest absolute Gasteiger partial charge is 0.0324 e. The maximum Gasteiger partial charge on any atom is 0.0324 e. The zero-order chi connectivity index (χ0) is 13.2. The Bertz CT molecular complexity index is 374. The fourth-order valence-corrected chi connectivity index (χ4v) is 2.07. The molecule has 0 aliphatic carbocycles. The van der Waals surface area contributed by atoms with E-state index in [1.165, 1.54) is 11.1 Å². The number of thiol groups is 1. The van der Waals surface area contributed by atoms with Crippen molar-refractivity contribution in [3.63, 3.8) is 0 Å². The number of rotatable bonds is 4. The highest BCUT2D eigenvalue weighted by Crippen LogP contribution is 2.28. The Hall–Kier alpha value is -0.510. The summed E-state index contributed by atoms with van der Waals surface area (Å²) in [5, 5.41) is 0. The second-order valence-electron chi connectivity index (χ2n) is 5.10. The molecule has 0 aliphatic heterocycles. The lowest BCUT2D eigenvalue weighted by Gasteiger charge is -2.25. The van der Waals surface area contributed by atoms with Crippen LogP contribution in [0.2, 0.25) is 0 Å². The molecule has 0 N–H and O–H groups in total. The van der Waals surface area contributed by atoms with E-state index in [-0.39, 0.29) is 0 Å². The number of hydrogen-bond acceptors (Lipinski definition) is 3. The van der Waals surface area contributed by atoms with Gasteiger partial charge in [0.25, 0.3) is 0 Å². The predicted molar refractivity (Wildman–Crippen MR) is 77.9 cm³/mol. The van der Waals surface area contributed by atoms with E-state index in [2.05, 4.69) is 82.7 Å². The van der Waals surface area contributed by atoms with Crippen LogP contribution in [0.5, 0.6) is 0 Å². The highest BCUT2D eigenvalue weighted by Gasteiger charge is 2.14. The average Bonchev–Trinajstić information content (AvgIpc) is 2.27. The van der Waals surface area contributed by atoms with Crippen LogP contribution in [0.4, 0.5) is 0 Å². The molecule has 1 aromatic carbocycles. The van der Waals surface area contributed by atoms with Gasteiger partial charge >= 0.3 is 0 Å². The summed E-state index contributed by atoms with van der Waals surface area (Å²) in [4.78, 5) is 5.50. The van der Waals surface area contributed by atoms with E-state index in [1.807, 2.05) is 0 Å². The van der Waals surface area contributed by atoms with Gasteiger partial charge in [0.05, 0.1) is 0 Å². The van der Waals surface area contributed by atoms with Crippen LogP contribution >= 0.6 is 12.6 Å². The lowest BCUT2D eigenvalue weighted by atomic mass is 10.0. The topological polar surface area (TPSA) is 6.48 Å². The molecule has 0 amide bonds. The minimum atomic E-state index is 0.386. The highest BCUT2D eigenvalue weighted by atomic mass is 32.1. The summed E-state index contributed by atoms with van der Waals surface area (Å²) in [5.41, 5.74) is 2.64. The van der Waals surface area contributed by atoms with E-state index in [0.29, 0.717) is 12.1 Å². The van der Waals surface area contributed by atoms with E-state index in [0.717, 1.165) is 4.90 Å². The molecule has 96 valence electrons. The van der Waals surface area contributed by atoms with Crippen LogP contribution in [-0.2, 0) is 0 Å². The van der Waals surface area contributed by atoms with Gasteiger partial charge in [-0.2, -0.15) is 0 Å². The molecule has 0 heterocycles. The van der Waals surface area contributed by atoms with Crippen LogP contribution < -0.4 is 0 Å². The zero-order valence-corrected chi connectivity index (χ0v) is 12.6. The number of nitrogens with zero attached hydrogens (tertiary/aromatic N) is 2. The minimum absolute atomic E-state index is 0.386. The van der Waals surface area contributed by atoms with Crippen LogP contribution in [0, 0.1) is 0 Å².